The number of nitrogens with one attached hydrogen (secondary N) is 1. The number of aromatic nitrogens is 2. The molecule has 0 spiro atoms. The van der Waals surface area contributed by atoms with Crippen molar-refractivity contribution in [2.24, 2.45) is 0 Å². The number of aryl methyl sites for hydroxylation is 1. The first kappa shape index (κ1) is 12.8. The molecular weight excluding hydrogens is 246 g/mol. The average molecular weight is 263 g/mol. The van der Waals surface area contributed by atoms with Crippen LogP contribution < -0.4 is 5.32 Å². The molecule has 2 heterocycles. The van der Waals surface area contributed by atoms with Crippen molar-refractivity contribution in [2.45, 2.75) is 20.0 Å². The van der Waals surface area contributed by atoms with Crippen LogP contribution in [0.3, 0.4) is 0 Å². The first-order chi connectivity index (χ1) is 9.81. The zero-order valence-corrected chi connectivity index (χ0v) is 11.5. The third kappa shape index (κ3) is 3.00. The topological polar surface area (TPSA) is 37.8 Å². The molecule has 0 amide bonds. The lowest BCUT2D eigenvalue weighted by molar-refractivity contribution is 0.693. The Kier molecular flexibility index (Phi) is 3.70. The molecule has 0 aliphatic carbocycles. The first-order valence-electron chi connectivity index (χ1n) is 6.77. The summed E-state index contributed by atoms with van der Waals surface area (Å²) in [5.74, 6) is 0. The Balaban J connectivity index is 1.67. The van der Waals surface area contributed by atoms with Gasteiger partial charge in [0.15, 0.2) is 0 Å². The van der Waals surface area contributed by atoms with Crippen LogP contribution in [0.5, 0.6) is 0 Å². The highest BCUT2D eigenvalue weighted by Gasteiger charge is 1.99. The van der Waals surface area contributed by atoms with Crippen LogP contribution in [0.4, 0.5) is 0 Å². The standard InChI is InChI=1S/C17H17N3/c1-13-2-4-16-10-15(3-5-17(16)20-13)12-19-11-14-6-8-18-9-7-14/h2-10,19H,11-12H2,1H3. The molecule has 3 rings (SSSR count). The maximum absolute atomic E-state index is 4.52. The van der Waals surface area contributed by atoms with Gasteiger partial charge < -0.3 is 5.32 Å². The second-order valence-corrected chi connectivity index (χ2v) is 4.94. The van der Waals surface area contributed by atoms with Crippen molar-refractivity contribution >= 4 is 10.9 Å². The molecule has 0 bridgehead atoms. The van der Waals surface area contributed by atoms with Gasteiger partial charge in [0.25, 0.3) is 0 Å². The van der Waals surface area contributed by atoms with Gasteiger partial charge in [0.05, 0.1) is 5.52 Å². The lowest BCUT2D eigenvalue weighted by Gasteiger charge is -2.06. The van der Waals surface area contributed by atoms with Gasteiger partial charge in [-0.15, -0.1) is 0 Å². The van der Waals surface area contributed by atoms with E-state index in [0.29, 0.717) is 0 Å². The van der Waals surface area contributed by atoms with Gasteiger partial charge in [-0.3, -0.25) is 9.97 Å². The summed E-state index contributed by atoms with van der Waals surface area (Å²) in [6.07, 6.45) is 3.64. The van der Waals surface area contributed by atoms with Crippen LogP contribution in [0.15, 0.2) is 54.9 Å². The molecule has 1 aromatic carbocycles. The van der Waals surface area contributed by atoms with Gasteiger partial charge in [0.2, 0.25) is 0 Å². The monoisotopic (exact) mass is 263 g/mol. The summed E-state index contributed by atoms with van der Waals surface area (Å²) < 4.78 is 0. The molecule has 3 aromatic rings. The molecule has 20 heavy (non-hydrogen) atoms. The lowest BCUT2D eigenvalue weighted by atomic mass is 10.1. The van der Waals surface area contributed by atoms with Crippen molar-refractivity contribution in [3.8, 4) is 0 Å². The van der Waals surface area contributed by atoms with Gasteiger partial charge in [0, 0.05) is 36.6 Å². The van der Waals surface area contributed by atoms with E-state index in [-0.39, 0.29) is 0 Å². The zero-order chi connectivity index (χ0) is 13.8. The van der Waals surface area contributed by atoms with Crippen molar-refractivity contribution < 1.29 is 0 Å². The molecule has 0 unspecified atom stereocenters. The minimum Gasteiger partial charge on any atom is -0.309 e. The van der Waals surface area contributed by atoms with Crippen molar-refractivity contribution in [1.29, 1.82) is 0 Å². The summed E-state index contributed by atoms with van der Waals surface area (Å²) in [6, 6.07) is 14.7. The predicted octanol–water partition coefficient (Wildman–Crippen LogP) is 3.23. The maximum atomic E-state index is 4.52. The van der Waals surface area contributed by atoms with E-state index in [1.807, 2.05) is 31.5 Å². The summed E-state index contributed by atoms with van der Waals surface area (Å²) >= 11 is 0. The Bertz CT molecular complexity index is 708. The largest absolute Gasteiger partial charge is 0.309 e. The summed E-state index contributed by atoms with van der Waals surface area (Å²) in [5.41, 5.74) is 4.64. The highest BCUT2D eigenvalue weighted by molar-refractivity contribution is 5.79. The molecule has 0 aliphatic rings. The molecular formula is C17H17N3. The van der Waals surface area contributed by atoms with Crippen LogP contribution in [-0.4, -0.2) is 9.97 Å². The van der Waals surface area contributed by atoms with Crippen LogP contribution in [0.2, 0.25) is 0 Å². The van der Waals surface area contributed by atoms with E-state index >= 15 is 0 Å². The fraction of sp³-hybridized carbons (Fsp3) is 0.176. The second kappa shape index (κ2) is 5.80. The van der Waals surface area contributed by atoms with Crippen LogP contribution >= 0.6 is 0 Å². The molecule has 2 aromatic heterocycles. The minimum absolute atomic E-state index is 0.853. The van der Waals surface area contributed by atoms with Crippen molar-refractivity contribution in [1.82, 2.24) is 15.3 Å². The SMILES string of the molecule is Cc1ccc2cc(CNCc3ccncc3)ccc2n1. The third-order valence-corrected chi connectivity index (χ3v) is 3.30. The van der Waals surface area contributed by atoms with E-state index in [9.17, 15) is 0 Å². The predicted molar refractivity (Wildman–Crippen MR) is 81.3 cm³/mol. The van der Waals surface area contributed by atoms with Crippen LogP contribution in [-0.2, 0) is 13.1 Å². The lowest BCUT2D eigenvalue weighted by Crippen LogP contribution is -2.12. The first-order valence-corrected chi connectivity index (χ1v) is 6.77. The van der Waals surface area contributed by atoms with E-state index in [0.717, 1.165) is 24.3 Å². The second-order valence-electron chi connectivity index (χ2n) is 4.94. The highest BCUT2D eigenvalue weighted by Crippen LogP contribution is 2.14. The molecule has 0 atom stereocenters. The zero-order valence-electron chi connectivity index (χ0n) is 11.5. The minimum atomic E-state index is 0.853. The molecule has 0 saturated heterocycles. The Labute approximate surface area is 118 Å². The number of fused-ring (bicyclic) bond motifs is 1. The summed E-state index contributed by atoms with van der Waals surface area (Å²) in [6.45, 7) is 3.72. The Hall–Kier alpha value is -2.26. The molecule has 0 aliphatic heterocycles. The third-order valence-electron chi connectivity index (χ3n) is 3.30. The fourth-order valence-corrected chi connectivity index (χ4v) is 2.24. The van der Waals surface area contributed by atoms with Crippen molar-refractivity contribution in [3.05, 3.63) is 71.7 Å². The molecule has 0 fully saturated rings. The smallest absolute Gasteiger partial charge is 0.0705 e. The molecule has 0 radical (unpaired) electrons. The van der Waals surface area contributed by atoms with Crippen LogP contribution in [0, 0.1) is 6.92 Å². The molecule has 1 N–H and O–H groups in total. The summed E-state index contributed by atoms with van der Waals surface area (Å²) in [4.78, 5) is 8.54. The Morgan fingerprint density at radius 3 is 2.55 bits per heavy atom. The van der Waals surface area contributed by atoms with Crippen molar-refractivity contribution in [3.63, 3.8) is 0 Å². The van der Waals surface area contributed by atoms with E-state index in [1.165, 1.54) is 16.5 Å². The summed E-state index contributed by atoms with van der Waals surface area (Å²) in [5, 5.41) is 4.64. The molecule has 3 nitrogen and oxygen atoms in total. The number of benzene rings is 1. The van der Waals surface area contributed by atoms with Crippen molar-refractivity contribution in [2.75, 3.05) is 0 Å². The number of hydrogen-bond acceptors (Lipinski definition) is 3. The van der Waals surface area contributed by atoms with Gasteiger partial charge in [-0.05, 0) is 48.4 Å². The average Bonchev–Trinajstić information content (AvgIpc) is 2.48. The number of nitrogens with zero attached hydrogens (tertiary/aromatic N) is 2. The van der Waals surface area contributed by atoms with Crippen LogP contribution in [0.1, 0.15) is 16.8 Å². The fourth-order valence-electron chi connectivity index (χ4n) is 2.24. The van der Waals surface area contributed by atoms with Gasteiger partial charge in [-0.2, -0.15) is 0 Å². The number of hydrogen-bond donors (Lipinski definition) is 1. The quantitative estimate of drug-likeness (QED) is 0.785. The number of pyridine rings is 2. The van der Waals surface area contributed by atoms with Gasteiger partial charge >= 0.3 is 0 Å². The molecule has 100 valence electrons. The van der Waals surface area contributed by atoms with Gasteiger partial charge in [-0.1, -0.05) is 12.1 Å². The van der Waals surface area contributed by atoms with Crippen LogP contribution in [0.25, 0.3) is 10.9 Å². The van der Waals surface area contributed by atoms with Gasteiger partial charge in [-0.25, -0.2) is 0 Å². The maximum Gasteiger partial charge on any atom is 0.0705 e. The normalized spacial score (nSPS) is 10.8. The van der Waals surface area contributed by atoms with E-state index in [1.54, 1.807) is 0 Å². The molecule has 0 saturated carbocycles. The Morgan fingerprint density at radius 2 is 1.70 bits per heavy atom. The highest BCUT2D eigenvalue weighted by atomic mass is 14.8. The summed E-state index contributed by atoms with van der Waals surface area (Å²) in [7, 11) is 0. The van der Waals surface area contributed by atoms with E-state index < -0.39 is 0 Å². The van der Waals surface area contributed by atoms with E-state index in [2.05, 4.69) is 45.6 Å². The van der Waals surface area contributed by atoms with E-state index in [4.69, 9.17) is 0 Å². The molecule has 3 heteroatoms. The van der Waals surface area contributed by atoms with Gasteiger partial charge in [0.1, 0.15) is 0 Å². The number of rotatable bonds is 4. The Morgan fingerprint density at radius 1 is 0.900 bits per heavy atom.